The van der Waals surface area contributed by atoms with Gasteiger partial charge in [-0.1, -0.05) is 23.2 Å². The number of hydrogen-bond acceptors (Lipinski definition) is 3. The van der Waals surface area contributed by atoms with Gasteiger partial charge in [0, 0.05) is 15.6 Å². The summed E-state index contributed by atoms with van der Waals surface area (Å²) in [5, 5.41) is 5.11. The quantitative estimate of drug-likeness (QED) is 0.421. The third-order valence-electron chi connectivity index (χ3n) is 4.26. The second kappa shape index (κ2) is 7.66. The zero-order chi connectivity index (χ0) is 21.5. The van der Waals surface area contributed by atoms with Crippen molar-refractivity contribution in [1.82, 2.24) is 0 Å². The van der Waals surface area contributed by atoms with Crippen LogP contribution in [-0.4, -0.2) is 17.8 Å². The molecule has 0 fully saturated rings. The molecular weight excluding hydrogens is 440 g/mol. The van der Waals surface area contributed by atoms with Gasteiger partial charge in [-0.2, -0.15) is 23.3 Å². The minimum atomic E-state index is -4.83. The van der Waals surface area contributed by atoms with E-state index in [0.717, 1.165) is 6.08 Å². The molecule has 0 saturated heterocycles. The lowest BCUT2D eigenvalue weighted by Gasteiger charge is -2.11. The van der Waals surface area contributed by atoms with Crippen molar-refractivity contribution in [2.45, 2.75) is 6.18 Å². The normalized spacial score (nSPS) is 15.8. The number of carbonyl (C=O) groups is 1. The molecule has 1 aliphatic heterocycles. The number of carbonyl (C=O) groups excluding carboxylic acids is 1. The van der Waals surface area contributed by atoms with Crippen LogP contribution in [0.4, 0.5) is 18.9 Å². The summed E-state index contributed by atoms with van der Waals surface area (Å²) in [6.07, 6.45) is -3.79. The van der Waals surface area contributed by atoms with E-state index in [2.05, 4.69) is 5.10 Å². The molecule has 0 unspecified atom stereocenters. The highest BCUT2D eigenvalue weighted by molar-refractivity contribution is 6.34. The number of benzene rings is 2. The van der Waals surface area contributed by atoms with E-state index in [1.165, 1.54) is 30.3 Å². The standard InChI is InChI=1S/C21H11Cl2F3N2O2/c22-13-3-1-12(2-4-13)18-10-9-16(30-18)11-17-19(21(24,25)26)27-28(20(17)29)15-7-5-14(23)6-8-15/h1-11H/b17-11+. The molecule has 9 heteroatoms. The monoisotopic (exact) mass is 450 g/mol. The van der Waals surface area contributed by atoms with Crippen LogP contribution < -0.4 is 5.01 Å². The van der Waals surface area contributed by atoms with Gasteiger partial charge in [0.25, 0.3) is 5.91 Å². The van der Waals surface area contributed by atoms with Crippen molar-refractivity contribution in [1.29, 1.82) is 0 Å². The minimum absolute atomic E-state index is 0.0817. The molecule has 4 rings (SSSR count). The van der Waals surface area contributed by atoms with Gasteiger partial charge >= 0.3 is 6.18 Å². The largest absolute Gasteiger partial charge is 0.457 e. The summed E-state index contributed by atoms with van der Waals surface area (Å²) < 4.78 is 46.2. The zero-order valence-corrected chi connectivity index (χ0v) is 16.5. The lowest BCUT2D eigenvalue weighted by molar-refractivity contribution is -0.114. The molecule has 0 radical (unpaired) electrons. The first kappa shape index (κ1) is 20.3. The molecule has 4 nitrogen and oxygen atoms in total. The van der Waals surface area contributed by atoms with Gasteiger partial charge in [0.05, 0.1) is 11.3 Å². The highest BCUT2D eigenvalue weighted by Crippen LogP contribution is 2.34. The van der Waals surface area contributed by atoms with E-state index >= 15 is 0 Å². The highest BCUT2D eigenvalue weighted by Gasteiger charge is 2.47. The van der Waals surface area contributed by atoms with Crippen molar-refractivity contribution in [2.24, 2.45) is 5.10 Å². The van der Waals surface area contributed by atoms with Crippen LogP contribution in [0.2, 0.25) is 10.0 Å². The van der Waals surface area contributed by atoms with E-state index in [0.29, 0.717) is 26.4 Å². The number of amides is 1. The number of anilines is 1. The van der Waals surface area contributed by atoms with Crippen molar-refractivity contribution >= 4 is 46.6 Å². The highest BCUT2D eigenvalue weighted by atomic mass is 35.5. The number of hydrazone groups is 1. The number of furan rings is 1. The van der Waals surface area contributed by atoms with Crippen LogP contribution in [0.3, 0.4) is 0 Å². The Hall–Kier alpha value is -3.03. The Morgan fingerprint density at radius 3 is 2.10 bits per heavy atom. The molecule has 0 aliphatic carbocycles. The van der Waals surface area contributed by atoms with Crippen molar-refractivity contribution in [2.75, 3.05) is 5.01 Å². The average molecular weight is 451 g/mol. The maximum absolute atomic E-state index is 13.5. The SMILES string of the molecule is O=C1/C(=C/c2ccc(-c3ccc(Cl)cc3)o2)C(C(F)(F)F)=NN1c1ccc(Cl)cc1. The Morgan fingerprint density at radius 2 is 1.50 bits per heavy atom. The van der Waals surface area contributed by atoms with Crippen LogP contribution in [0.5, 0.6) is 0 Å². The summed E-state index contributed by atoms with van der Waals surface area (Å²) in [6, 6.07) is 15.6. The Labute approximate surface area is 178 Å². The van der Waals surface area contributed by atoms with Crippen molar-refractivity contribution in [3.05, 3.63) is 82.0 Å². The van der Waals surface area contributed by atoms with Crippen LogP contribution in [0.25, 0.3) is 17.4 Å². The van der Waals surface area contributed by atoms with Crippen molar-refractivity contribution < 1.29 is 22.4 Å². The Morgan fingerprint density at radius 1 is 0.900 bits per heavy atom. The number of alkyl halides is 3. The topological polar surface area (TPSA) is 45.8 Å². The summed E-state index contributed by atoms with van der Waals surface area (Å²) in [5.41, 5.74) is -1.06. The Balaban J connectivity index is 1.71. The molecular formula is C21H11Cl2F3N2O2. The number of nitrogens with zero attached hydrogens (tertiary/aromatic N) is 2. The number of halogens is 5. The fraction of sp³-hybridized carbons (Fsp3) is 0.0476. The van der Waals surface area contributed by atoms with E-state index in [9.17, 15) is 18.0 Å². The first-order valence-corrected chi connectivity index (χ1v) is 9.31. The summed E-state index contributed by atoms with van der Waals surface area (Å²) in [6.45, 7) is 0. The molecule has 152 valence electrons. The van der Waals surface area contributed by atoms with Crippen LogP contribution in [-0.2, 0) is 4.79 Å². The molecule has 3 aromatic rings. The van der Waals surface area contributed by atoms with E-state index in [-0.39, 0.29) is 11.4 Å². The molecule has 2 heterocycles. The molecule has 0 N–H and O–H groups in total. The third kappa shape index (κ3) is 3.99. The van der Waals surface area contributed by atoms with Crippen LogP contribution in [0, 0.1) is 0 Å². The van der Waals surface area contributed by atoms with E-state index in [4.69, 9.17) is 27.6 Å². The van der Waals surface area contributed by atoms with Gasteiger partial charge in [0.15, 0.2) is 5.71 Å². The average Bonchev–Trinajstić information content (AvgIpc) is 3.29. The summed E-state index contributed by atoms with van der Waals surface area (Å²) in [4.78, 5) is 12.7. The summed E-state index contributed by atoms with van der Waals surface area (Å²) in [7, 11) is 0. The maximum atomic E-state index is 13.5. The van der Waals surface area contributed by atoms with E-state index in [1.54, 1.807) is 30.3 Å². The molecule has 30 heavy (non-hydrogen) atoms. The first-order valence-electron chi connectivity index (χ1n) is 8.56. The van der Waals surface area contributed by atoms with Gasteiger partial charge in [-0.05, 0) is 66.7 Å². The molecule has 1 aromatic heterocycles. The third-order valence-corrected chi connectivity index (χ3v) is 4.76. The first-order chi connectivity index (χ1) is 14.2. The number of rotatable bonds is 3. The Kier molecular flexibility index (Phi) is 5.17. The molecule has 0 bridgehead atoms. The second-order valence-electron chi connectivity index (χ2n) is 6.31. The van der Waals surface area contributed by atoms with Crippen LogP contribution in [0.1, 0.15) is 5.76 Å². The Bertz CT molecular complexity index is 1160. The van der Waals surface area contributed by atoms with E-state index in [1.807, 2.05) is 0 Å². The minimum Gasteiger partial charge on any atom is -0.457 e. The summed E-state index contributed by atoms with van der Waals surface area (Å²) >= 11 is 11.7. The second-order valence-corrected chi connectivity index (χ2v) is 7.18. The maximum Gasteiger partial charge on any atom is 0.435 e. The fourth-order valence-corrected chi connectivity index (χ4v) is 3.11. The van der Waals surface area contributed by atoms with Gasteiger partial charge in [-0.3, -0.25) is 4.79 Å². The molecule has 0 saturated carbocycles. The molecule has 1 amide bonds. The molecule has 2 aromatic carbocycles. The van der Waals surface area contributed by atoms with Crippen molar-refractivity contribution in [3.63, 3.8) is 0 Å². The predicted molar refractivity (Wildman–Crippen MR) is 110 cm³/mol. The van der Waals surface area contributed by atoms with Gasteiger partial charge < -0.3 is 4.42 Å². The lowest BCUT2D eigenvalue weighted by Crippen LogP contribution is -2.25. The van der Waals surface area contributed by atoms with Crippen LogP contribution >= 0.6 is 23.2 Å². The van der Waals surface area contributed by atoms with Crippen LogP contribution in [0.15, 0.2) is 75.8 Å². The van der Waals surface area contributed by atoms with Gasteiger partial charge in [0.2, 0.25) is 0 Å². The molecule has 0 spiro atoms. The van der Waals surface area contributed by atoms with Gasteiger partial charge in [0.1, 0.15) is 11.5 Å². The predicted octanol–water partition coefficient (Wildman–Crippen LogP) is 6.60. The zero-order valence-electron chi connectivity index (χ0n) is 15.0. The van der Waals surface area contributed by atoms with Gasteiger partial charge in [-0.15, -0.1) is 0 Å². The summed E-state index contributed by atoms with van der Waals surface area (Å²) in [5.74, 6) is -0.420. The van der Waals surface area contributed by atoms with E-state index < -0.39 is 23.4 Å². The molecule has 1 aliphatic rings. The molecule has 0 atom stereocenters. The number of hydrogen-bond donors (Lipinski definition) is 0. The van der Waals surface area contributed by atoms with Crippen molar-refractivity contribution in [3.8, 4) is 11.3 Å². The lowest BCUT2D eigenvalue weighted by atomic mass is 10.1. The fourth-order valence-electron chi connectivity index (χ4n) is 2.85. The van der Waals surface area contributed by atoms with Gasteiger partial charge in [-0.25, -0.2) is 0 Å². The smallest absolute Gasteiger partial charge is 0.435 e.